The molecule has 200 valence electrons. The minimum atomic E-state index is -0.233. The van der Waals surface area contributed by atoms with E-state index >= 15 is 0 Å². The van der Waals surface area contributed by atoms with Gasteiger partial charge in [0.15, 0.2) is 5.78 Å². The van der Waals surface area contributed by atoms with Crippen LogP contribution in [0.2, 0.25) is 0 Å². The third kappa shape index (κ3) is 6.83. The first kappa shape index (κ1) is 27.4. The zero-order valence-electron chi connectivity index (χ0n) is 23.0. The molecule has 0 N–H and O–H groups in total. The van der Waals surface area contributed by atoms with Crippen molar-refractivity contribution in [3.63, 3.8) is 0 Å². The zero-order valence-corrected chi connectivity index (χ0v) is 23.0. The molecule has 5 heteroatoms. The molecule has 0 fully saturated rings. The number of hydrogen-bond acceptors (Lipinski definition) is 5. The number of para-hydroxylation sites is 1. The number of anilines is 1. The number of Topliss-reactive ketones (excluding diaryl/α,β-unsaturated/α-hetero) is 1. The number of benzene rings is 3. The summed E-state index contributed by atoms with van der Waals surface area (Å²) in [6, 6.07) is 24.2. The SMILES string of the molecule is CCOC(=O)CCCN1CC(C(=O)c2ccc(OC(C)c3ccc(CC(C)C)cc3)cc2)c2ccccc21. The molecule has 2 unspecified atom stereocenters. The second kappa shape index (κ2) is 12.8. The number of rotatable bonds is 12. The first-order chi connectivity index (χ1) is 18.4. The van der Waals surface area contributed by atoms with E-state index in [4.69, 9.17) is 9.47 Å². The fourth-order valence-corrected chi connectivity index (χ4v) is 5.14. The van der Waals surface area contributed by atoms with Gasteiger partial charge < -0.3 is 14.4 Å². The van der Waals surface area contributed by atoms with E-state index in [0.717, 1.165) is 29.0 Å². The monoisotopic (exact) mass is 513 g/mol. The Morgan fingerprint density at radius 2 is 1.66 bits per heavy atom. The van der Waals surface area contributed by atoms with Crippen molar-refractivity contribution in [1.29, 1.82) is 0 Å². The number of hydrogen-bond donors (Lipinski definition) is 0. The Kier molecular flexibility index (Phi) is 9.22. The molecular formula is C33H39NO4. The molecule has 0 saturated heterocycles. The lowest BCUT2D eigenvalue weighted by Crippen LogP contribution is -2.26. The molecule has 0 aromatic heterocycles. The molecule has 1 aliphatic rings. The number of fused-ring (bicyclic) bond motifs is 1. The summed E-state index contributed by atoms with van der Waals surface area (Å²) in [5.41, 5.74) is 5.26. The quantitative estimate of drug-likeness (QED) is 0.190. The fourth-order valence-electron chi connectivity index (χ4n) is 5.14. The predicted octanol–water partition coefficient (Wildman–Crippen LogP) is 7.15. The van der Waals surface area contributed by atoms with E-state index in [1.807, 2.05) is 56.3 Å². The summed E-state index contributed by atoms with van der Waals surface area (Å²) in [7, 11) is 0. The van der Waals surface area contributed by atoms with Gasteiger partial charge in [0, 0.05) is 30.8 Å². The maximum absolute atomic E-state index is 13.5. The number of esters is 1. The van der Waals surface area contributed by atoms with E-state index in [1.54, 1.807) is 0 Å². The van der Waals surface area contributed by atoms with Crippen LogP contribution in [-0.4, -0.2) is 31.4 Å². The molecule has 0 amide bonds. The summed E-state index contributed by atoms with van der Waals surface area (Å²) in [5.74, 6) is 1.07. The van der Waals surface area contributed by atoms with Crippen LogP contribution >= 0.6 is 0 Å². The molecule has 38 heavy (non-hydrogen) atoms. The van der Waals surface area contributed by atoms with Crippen LogP contribution in [0.5, 0.6) is 5.75 Å². The Morgan fingerprint density at radius 1 is 0.947 bits per heavy atom. The number of nitrogens with zero attached hydrogens (tertiary/aromatic N) is 1. The van der Waals surface area contributed by atoms with E-state index in [-0.39, 0.29) is 23.8 Å². The Labute approximate surface area is 226 Å². The van der Waals surface area contributed by atoms with Crippen molar-refractivity contribution in [1.82, 2.24) is 0 Å². The summed E-state index contributed by atoms with van der Waals surface area (Å²) < 4.78 is 11.2. The second-order valence-corrected chi connectivity index (χ2v) is 10.5. The smallest absolute Gasteiger partial charge is 0.305 e. The minimum absolute atomic E-state index is 0.0884. The van der Waals surface area contributed by atoms with E-state index < -0.39 is 0 Å². The highest BCUT2D eigenvalue weighted by molar-refractivity contribution is 6.03. The van der Waals surface area contributed by atoms with Crippen molar-refractivity contribution in [3.05, 3.63) is 95.1 Å². The average Bonchev–Trinajstić information content (AvgIpc) is 3.27. The lowest BCUT2D eigenvalue weighted by Gasteiger charge is -2.19. The highest BCUT2D eigenvalue weighted by Crippen LogP contribution is 2.38. The van der Waals surface area contributed by atoms with Crippen molar-refractivity contribution in [3.8, 4) is 5.75 Å². The van der Waals surface area contributed by atoms with Crippen LogP contribution in [0.25, 0.3) is 0 Å². The van der Waals surface area contributed by atoms with Crippen molar-refractivity contribution >= 4 is 17.4 Å². The van der Waals surface area contributed by atoms with Crippen LogP contribution in [0.15, 0.2) is 72.8 Å². The number of ketones is 1. The predicted molar refractivity (Wildman–Crippen MR) is 152 cm³/mol. The summed E-state index contributed by atoms with van der Waals surface area (Å²) >= 11 is 0. The minimum Gasteiger partial charge on any atom is -0.486 e. The number of ether oxygens (including phenoxy) is 2. The van der Waals surface area contributed by atoms with Gasteiger partial charge in [-0.05, 0) is 79.6 Å². The summed E-state index contributed by atoms with van der Waals surface area (Å²) in [6.45, 7) is 10.0. The molecule has 4 rings (SSSR count). The molecule has 1 aliphatic heterocycles. The van der Waals surface area contributed by atoms with Crippen molar-refractivity contribution in [2.75, 3.05) is 24.6 Å². The standard InChI is InChI=1S/C33H39NO4/c1-5-37-32(35)11-8-20-34-22-30(29-9-6-7-10-31(29)34)33(36)27-16-18-28(19-17-27)38-24(4)26-14-12-25(13-15-26)21-23(2)3/h6-7,9-10,12-19,23-24,30H,5,8,11,20-22H2,1-4H3. The molecule has 3 aromatic rings. The number of carbonyl (C=O) groups excluding carboxylic acids is 2. The van der Waals surface area contributed by atoms with E-state index in [9.17, 15) is 9.59 Å². The van der Waals surface area contributed by atoms with Crippen molar-refractivity contribution in [2.24, 2.45) is 5.92 Å². The van der Waals surface area contributed by atoms with Crippen molar-refractivity contribution < 1.29 is 19.1 Å². The Morgan fingerprint density at radius 3 is 2.34 bits per heavy atom. The molecule has 0 bridgehead atoms. The largest absolute Gasteiger partial charge is 0.486 e. The molecule has 0 aliphatic carbocycles. The van der Waals surface area contributed by atoms with Gasteiger partial charge in [0.05, 0.1) is 12.5 Å². The van der Waals surface area contributed by atoms with Gasteiger partial charge in [0.1, 0.15) is 11.9 Å². The van der Waals surface area contributed by atoms with Gasteiger partial charge in [-0.25, -0.2) is 0 Å². The van der Waals surface area contributed by atoms with Crippen LogP contribution in [0.4, 0.5) is 5.69 Å². The van der Waals surface area contributed by atoms with Gasteiger partial charge in [-0.1, -0.05) is 56.3 Å². The van der Waals surface area contributed by atoms with Gasteiger partial charge in [-0.2, -0.15) is 0 Å². The summed E-state index contributed by atoms with van der Waals surface area (Å²) in [4.78, 5) is 27.5. The van der Waals surface area contributed by atoms with Gasteiger partial charge in [-0.3, -0.25) is 9.59 Å². The van der Waals surface area contributed by atoms with Crippen LogP contribution < -0.4 is 9.64 Å². The zero-order chi connectivity index (χ0) is 27.1. The third-order valence-electron chi connectivity index (χ3n) is 7.03. The summed E-state index contributed by atoms with van der Waals surface area (Å²) in [6.07, 6.45) is 2.06. The first-order valence-corrected chi connectivity index (χ1v) is 13.7. The van der Waals surface area contributed by atoms with Gasteiger partial charge in [0.2, 0.25) is 0 Å². The molecule has 3 aromatic carbocycles. The average molecular weight is 514 g/mol. The Hall–Kier alpha value is -3.60. The first-order valence-electron chi connectivity index (χ1n) is 13.7. The van der Waals surface area contributed by atoms with Crippen LogP contribution in [0, 0.1) is 5.92 Å². The molecule has 1 heterocycles. The van der Waals surface area contributed by atoms with E-state index in [1.165, 1.54) is 5.56 Å². The van der Waals surface area contributed by atoms with Crippen LogP contribution in [0.1, 0.15) is 79.6 Å². The molecule has 2 atom stereocenters. The molecular weight excluding hydrogens is 474 g/mol. The maximum atomic E-state index is 13.5. The highest BCUT2D eigenvalue weighted by Gasteiger charge is 2.33. The lowest BCUT2D eigenvalue weighted by atomic mass is 9.92. The topological polar surface area (TPSA) is 55.8 Å². The Bertz CT molecular complexity index is 1220. The van der Waals surface area contributed by atoms with E-state index in [0.29, 0.717) is 44.0 Å². The van der Waals surface area contributed by atoms with Gasteiger partial charge in [0.25, 0.3) is 0 Å². The van der Waals surface area contributed by atoms with Gasteiger partial charge >= 0.3 is 5.97 Å². The van der Waals surface area contributed by atoms with Crippen LogP contribution in [0.3, 0.4) is 0 Å². The van der Waals surface area contributed by atoms with Crippen LogP contribution in [-0.2, 0) is 16.0 Å². The third-order valence-corrected chi connectivity index (χ3v) is 7.03. The molecule has 0 saturated carbocycles. The fraction of sp³-hybridized carbons (Fsp3) is 0.394. The van der Waals surface area contributed by atoms with E-state index in [2.05, 4.69) is 49.1 Å². The molecule has 0 radical (unpaired) electrons. The van der Waals surface area contributed by atoms with Gasteiger partial charge in [-0.15, -0.1) is 0 Å². The summed E-state index contributed by atoms with van der Waals surface area (Å²) in [5, 5.41) is 0. The maximum Gasteiger partial charge on any atom is 0.305 e. The molecule has 5 nitrogen and oxygen atoms in total. The molecule has 0 spiro atoms. The Balaban J connectivity index is 1.38. The van der Waals surface area contributed by atoms with Crippen molar-refractivity contribution in [2.45, 2.75) is 59.0 Å². The highest BCUT2D eigenvalue weighted by atomic mass is 16.5. The normalized spacial score (nSPS) is 15.3. The second-order valence-electron chi connectivity index (χ2n) is 10.5. The number of carbonyl (C=O) groups is 2. The lowest BCUT2D eigenvalue weighted by molar-refractivity contribution is -0.143.